The second kappa shape index (κ2) is 8.73. The van der Waals surface area contributed by atoms with Crippen molar-refractivity contribution in [1.82, 2.24) is 35.1 Å². The summed E-state index contributed by atoms with van der Waals surface area (Å²) in [5.74, 6) is 0.349. The highest BCUT2D eigenvalue weighted by Gasteiger charge is 2.24. The molecule has 29 heavy (non-hydrogen) atoms. The second-order valence-electron chi connectivity index (χ2n) is 7.08. The molecule has 1 saturated carbocycles. The number of nitrogens with zero attached hydrogens (tertiary/aromatic N) is 6. The standard InChI is InChI=1S/C19H22FN7OS/c1-26-11-10-21-18(26)17(13-6-8-14(20)9-7-13)22-16(28)12-29-19-23-24-25-27(19)15-4-2-3-5-15/h6-11,15,17H,2-5,12H2,1H3,(H,22,28). The van der Waals surface area contributed by atoms with E-state index in [2.05, 4.69) is 25.8 Å². The normalized spacial score (nSPS) is 15.5. The molecular weight excluding hydrogens is 393 g/mol. The predicted octanol–water partition coefficient (Wildman–Crippen LogP) is 2.66. The zero-order valence-corrected chi connectivity index (χ0v) is 16.8. The molecular formula is C19H22FN7OS. The monoisotopic (exact) mass is 415 g/mol. The van der Waals surface area contributed by atoms with E-state index in [1.54, 1.807) is 18.3 Å². The Balaban J connectivity index is 1.45. The lowest BCUT2D eigenvalue weighted by Crippen LogP contribution is -2.32. The fraction of sp³-hybridized carbons (Fsp3) is 0.421. The summed E-state index contributed by atoms with van der Waals surface area (Å²) in [5, 5.41) is 15.6. The predicted molar refractivity (Wildman–Crippen MR) is 106 cm³/mol. The minimum absolute atomic E-state index is 0.173. The summed E-state index contributed by atoms with van der Waals surface area (Å²) in [6.45, 7) is 0. The van der Waals surface area contributed by atoms with Gasteiger partial charge in [0, 0.05) is 19.4 Å². The van der Waals surface area contributed by atoms with Gasteiger partial charge in [-0.2, -0.15) is 0 Å². The van der Waals surface area contributed by atoms with Gasteiger partial charge < -0.3 is 9.88 Å². The maximum atomic E-state index is 13.3. The number of imidazole rings is 1. The van der Waals surface area contributed by atoms with E-state index in [4.69, 9.17) is 0 Å². The van der Waals surface area contributed by atoms with Crippen molar-refractivity contribution in [2.24, 2.45) is 7.05 Å². The van der Waals surface area contributed by atoms with Gasteiger partial charge in [0.25, 0.3) is 0 Å². The molecule has 1 fully saturated rings. The Morgan fingerprint density at radius 1 is 1.31 bits per heavy atom. The van der Waals surface area contributed by atoms with E-state index in [9.17, 15) is 9.18 Å². The van der Waals surface area contributed by atoms with Crippen LogP contribution in [0.3, 0.4) is 0 Å². The largest absolute Gasteiger partial charge is 0.341 e. The number of amides is 1. The number of hydrogen-bond acceptors (Lipinski definition) is 6. The van der Waals surface area contributed by atoms with Gasteiger partial charge in [0.2, 0.25) is 11.1 Å². The van der Waals surface area contributed by atoms with Gasteiger partial charge in [-0.15, -0.1) is 5.10 Å². The molecule has 1 amide bonds. The van der Waals surface area contributed by atoms with Crippen LogP contribution in [-0.2, 0) is 11.8 Å². The second-order valence-corrected chi connectivity index (χ2v) is 8.02. The number of aryl methyl sites for hydroxylation is 1. The fourth-order valence-corrected chi connectivity index (χ4v) is 4.35. The van der Waals surface area contributed by atoms with Crippen molar-refractivity contribution in [3.63, 3.8) is 0 Å². The van der Waals surface area contributed by atoms with Gasteiger partial charge in [-0.3, -0.25) is 4.79 Å². The van der Waals surface area contributed by atoms with E-state index in [-0.39, 0.29) is 17.5 Å². The van der Waals surface area contributed by atoms with Gasteiger partial charge in [0.05, 0.1) is 11.8 Å². The lowest BCUT2D eigenvalue weighted by atomic mass is 10.1. The van der Waals surface area contributed by atoms with Crippen LogP contribution >= 0.6 is 11.8 Å². The topological polar surface area (TPSA) is 90.5 Å². The summed E-state index contributed by atoms with van der Waals surface area (Å²) >= 11 is 1.32. The van der Waals surface area contributed by atoms with Crippen LogP contribution in [0.2, 0.25) is 0 Å². The van der Waals surface area contributed by atoms with Gasteiger partial charge in [0.1, 0.15) is 17.7 Å². The first-order valence-corrected chi connectivity index (χ1v) is 10.5. The molecule has 0 bridgehead atoms. The van der Waals surface area contributed by atoms with Crippen molar-refractivity contribution in [1.29, 1.82) is 0 Å². The first-order chi connectivity index (χ1) is 14.1. The number of carbonyl (C=O) groups excluding carboxylic acids is 1. The van der Waals surface area contributed by atoms with Crippen molar-refractivity contribution in [2.45, 2.75) is 42.9 Å². The highest BCUT2D eigenvalue weighted by Crippen LogP contribution is 2.31. The third kappa shape index (κ3) is 4.47. The maximum Gasteiger partial charge on any atom is 0.231 e. The number of hydrogen-bond donors (Lipinski definition) is 1. The van der Waals surface area contributed by atoms with Crippen molar-refractivity contribution < 1.29 is 9.18 Å². The molecule has 4 rings (SSSR count). The average molecular weight is 415 g/mol. The molecule has 10 heteroatoms. The number of aromatic nitrogens is 6. The molecule has 0 radical (unpaired) electrons. The summed E-state index contributed by atoms with van der Waals surface area (Å²) in [4.78, 5) is 17.1. The molecule has 3 aromatic rings. The van der Waals surface area contributed by atoms with Crippen LogP contribution in [0.15, 0.2) is 41.8 Å². The molecule has 1 unspecified atom stereocenters. The molecule has 0 aliphatic heterocycles. The molecule has 8 nitrogen and oxygen atoms in total. The molecule has 1 aromatic carbocycles. The minimum Gasteiger partial charge on any atom is -0.341 e. The summed E-state index contributed by atoms with van der Waals surface area (Å²) < 4.78 is 17.0. The highest BCUT2D eigenvalue weighted by molar-refractivity contribution is 7.99. The Kier molecular flexibility index (Phi) is 5.89. The lowest BCUT2D eigenvalue weighted by Gasteiger charge is -2.19. The van der Waals surface area contributed by atoms with Crippen LogP contribution in [0, 0.1) is 5.82 Å². The van der Waals surface area contributed by atoms with Crippen LogP contribution < -0.4 is 5.32 Å². The zero-order valence-electron chi connectivity index (χ0n) is 16.0. The minimum atomic E-state index is -0.477. The van der Waals surface area contributed by atoms with E-state index in [0.29, 0.717) is 17.0 Å². The Labute approximate surface area is 171 Å². The molecule has 2 heterocycles. The van der Waals surface area contributed by atoms with Crippen LogP contribution in [0.1, 0.15) is 49.2 Å². The molecule has 1 aliphatic rings. The molecule has 1 aliphatic carbocycles. The maximum absolute atomic E-state index is 13.3. The Morgan fingerprint density at radius 2 is 2.07 bits per heavy atom. The van der Waals surface area contributed by atoms with Gasteiger partial charge in [0.15, 0.2) is 0 Å². The quantitative estimate of drug-likeness (QED) is 0.597. The number of tetrazole rings is 1. The number of benzene rings is 1. The van der Waals surface area contributed by atoms with E-state index in [1.807, 2.05) is 22.5 Å². The van der Waals surface area contributed by atoms with Crippen molar-refractivity contribution in [3.8, 4) is 0 Å². The number of carbonyl (C=O) groups is 1. The molecule has 1 N–H and O–H groups in total. The average Bonchev–Trinajstić information content (AvgIpc) is 3.47. The first-order valence-electron chi connectivity index (χ1n) is 9.54. The Hall–Kier alpha value is -2.75. The molecule has 2 aromatic heterocycles. The van der Waals surface area contributed by atoms with E-state index in [0.717, 1.165) is 18.4 Å². The van der Waals surface area contributed by atoms with Gasteiger partial charge in [-0.25, -0.2) is 14.1 Å². The Morgan fingerprint density at radius 3 is 2.76 bits per heavy atom. The summed E-state index contributed by atoms with van der Waals surface area (Å²) in [7, 11) is 1.86. The smallest absolute Gasteiger partial charge is 0.231 e. The van der Waals surface area contributed by atoms with E-state index < -0.39 is 6.04 Å². The molecule has 0 spiro atoms. The van der Waals surface area contributed by atoms with Gasteiger partial charge >= 0.3 is 0 Å². The van der Waals surface area contributed by atoms with E-state index in [1.165, 1.54) is 36.7 Å². The van der Waals surface area contributed by atoms with Crippen LogP contribution in [-0.4, -0.2) is 41.4 Å². The first kappa shape index (κ1) is 19.6. The molecule has 0 saturated heterocycles. The number of halogens is 1. The van der Waals surface area contributed by atoms with Gasteiger partial charge in [-0.05, 0) is 41.0 Å². The highest BCUT2D eigenvalue weighted by atomic mass is 32.2. The fourth-order valence-electron chi connectivity index (χ4n) is 3.60. The summed E-state index contributed by atoms with van der Waals surface area (Å²) in [5.41, 5.74) is 0.759. The summed E-state index contributed by atoms with van der Waals surface area (Å²) in [6.07, 6.45) is 7.97. The number of rotatable bonds is 7. The number of thioether (sulfide) groups is 1. The van der Waals surface area contributed by atoms with Gasteiger partial charge in [-0.1, -0.05) is 36.7 Å². The Bertz CT molecular complexity index is 965. The van der Waals surface area contributed by atoms with Crippen molar-refractivity contribution >= 4 is 17.7 Å². The third-order valence-corrected chi connectivity index (χ3v) is 6.02. The third-order valence-electron chi connectivity index (χ3n) is 5.09. The van der Waals surface area contributed by atoms with Crippen LogP contribution in [0.25, 0.3) is 0 Å². The lowest BCUT2D eigenvalue weighted by molar-refractivity contribution is -0.119. The molecule has 1 atom stereocenters. The van der Waals surface area contributed by atoms with Crippen molar-refractivity contribution in [2.75, 3.05) is 5.75 Å². The van der Waals surface area contributed by atoms with Crippen LogP contribution in [0.5, 0.6) is 0 Å². The van der Waals surface area contributed by atoms with E-state index >= 15 is 0 Å². The summed E-state index contributed by atoms with van der Waals surface area (Å²) in [6, 6.07) is 5.90. The SMILES string of the molecule is Cn1ccnc1C(NC(=O)CSc1nnnn1C1CCCC1)c1ccc(F)cc1. The molecule has 152 valence electrons. The number of nitrogens with one attached hydrogen (secondary N) is 1. The van der Waals surface area contributed by atoms with Crippen LogP contribution in [0.4, 0.5) is 4.39 Å². The van der Waals surface area contributed by atoms with Crippen molar-refractivity contribution in [3.05, 3.63) is 53.9 Å². The zero-order chi connectivity index (χ0) is 20.2.